The van der Waals surface area contributed by atoms with E-state index in [1.807, 2.05) is 48.6 Å². The molecule has 0 aliphatic rings. The van der Waals surface area contributed by atoms with Gasteiger partial charge in [-0.05, 0) is 40.6 Å². The van der Waals surface area contributed by atoms with Crippen molar-refractivity contribution in [1.29, 1.82) is 0 Å². The van der Waals surface area contributed by atoms with Crippen molar-refractivity contribution < 1.29 is 0 Å². The number of hydrogen-bond donors (Lipinski definition) is 1. The van der Waals surface area contributed by atoms with Crippen LogP contribution in [0.15, 0.2) is 29.3 Å². The van der Waals surface area contributed by atoms with E-state index in [2.05, 4.69) is 15.0 Å². The standard InChI is InChI=1S/C12H12IN3O/c1-7(2)10-9(13)12(17)16-11(15-10)8-3-5-14-6-4-8/h3-7H,1-2H3,(H,15,16,17). The highest BCUT2D eigenvalue weighted by atomic mass is 127. The summed E-state index contributed by atoms with van der Waals surface area (Å²) < 4.78 is 0.662. The summed E-state index contributed by atoms with van der Waals surface area (Å²) in [5, 5.41) is 0. The minimum Gasteiger partial charge on any atom is -0.306 e. The number of nitrogens with zero attached hydrogens (tertiary/aromatic N) is 2. The molecular formula is C12H12IN3O. The van der Waals surface area contributed by atoms with E-state index in [1.165, 1.54) is 0 Å². The average molecular weight is 341 g/mol. The van der Waals surface area contributed by atoms with Gasteiger partial charge in [0, 0.05) is 18.0 Å². The fourth-order valence-electron chi connectivity index (χ4n) is 1.51. The number of aromatic amines is 1. The Morgan fingerprint density at radius 1 is 1.29 bits per heavy atom. The molecule has 17 heavy (non-hydrogen) atoms. The van der Waals surface area contributed by atoms with Crippen molar-refractivity contribution >= 4 is 22.6 Å². The molecular weight excluding hydrogens is 329 g/mol. The van der Waals surface area contributed by atoms with Gasteiger partial charge in [0.25, 0.3) is 5.56 Å². The van der Waals surface area contributed by atoms with E-state index in [9.17, 15) is 4.79 Å². The summed E-state index contributed by atoms with van der Waals surface area (Å²) in [6.07, 6.45) is 3.37. The van der Waals surface area contributed by atoms with Gasteiger partial charge in [0.15, 0.2) is 0 Å². The number of aromatic nitrogens is 3. The molecule has 0 saturated carbocycles. The summed E-state index contributed by atoms with van der Waals surface area (Å²) >= 11 is 2.04. The van der Waals surface area contributed by atoms with E-state index < -0.39 is 0 Å². The Bertz CT molecular complexity index is 578. The molecule has 0 aliphatic carbocycles. The van der Waals surface area contributed by atoms with Crippen molar-refractivity contribution in [3.63, 3.8) is 0 Å². The zero-order valence-electron chi connectivity index (χ0n) is 9.57. The van der Waals surface area contributed by atoms with Gasteiger partial charge in [-0.3, -0.25) is 9.78 Å². The molecule has 0 bridgehead atoms. The maximum absolute atomic E-state index is 11.8. The Labute approximate surface area is 113 Å². The second-order valence-corrected chi connectivity index (χ2v) is 5.08. The molecule has 2 rings (SSSR count). The number of halogens is 1. The minimum atomic E-state index is -0.0869. The molecule has 0 atom stereocenters. The quantitative estimate of drug-likeness (QED) is 0.854. The van der Waals surface area contributed by atoms with Gasteiger partial charge in [-0.15, -0.1) is 0 Å². The van der Waals surface area contributed by atoms with E-state index in [1.54, 1.807) is 12.4 Å². The molecule has 88 valence electrons. The molecule has 0 fully saturated rings. The van der Waals surface area contributed by atoms with E-state index >= 15 is 0 Å². The van der Waals surface area contributed by atoms with Crippen LogP contribution >= 0.6 is 22.6 Å². The molecule has 4 nitrogen and oxygen atoms in total. The molecule has 0 aromatic carbocycles. The summed E-state index contributed by atoms with van der Waals surface area (Å²) in [6.45, 7) is 4.06. The normalized spacial score (nSPS) is 10.8. The van der Waals surface area contributed by atoms with Crippen LogP contribution < -0.4 is 5.56 Å². The molecule has 0 radical (unpaired) electrons. The predicted molar refractivity (Wildman–Crippen MR) is 74.9 cm³/mol. The summed E-state index contributed by atoms with van der Waals surface area (Å²) in [7, 11) is 0. The summed E-state index contributed by atoms with van der Waals surface area (Å²) in [4.78, 5) is 23.1. The first kappa shape index (κ1) is 12.2. The Morgan fingerprint density at radius 2 is 1.94 bits per heavy atom. The minimum absolute atomic E-state index is 0.0869. The topological polar surface area (TPSA) is 58.6 Å². The first-order chi connectivity index (χ1) is 8.09. The summed E-state index contributed by atoms with van der Waals surface area (Å²) in [5.74, 6) is 0.825. The lowest BCUT2D eigenvalue weighted by Crippen LogP contribution is -2.17. The number of hydrogen-bond acceptors (Lipinski definition) is 3. The maximum Gasteiger partial charge on any atom is 0.264 e. The van der Waals surface area contributed by atoms with Crippen LogP contribution in [0, 0.1) is 3.57 Å². The molecule has 0 spiro atoms. The monoisotopic (exact) mass is 341 g/mol. The van der Waals surface area contributed by atoms with Crippen LogP contribution in [0.5, 0.6) is 0 Å². The lowest BCUT2D eigenvalue weighted by Gasteiger charge is -2.09. The first-order valence-electron chi connectivity index (χ1n) is 5.29. The summed E-state index contributed by atoms with van der Waals surface area (Å²) in [6, 6.07) is 3.66. The molecule has 1 N–H and O–H groups in total. The maximum atomic E-state index is 11.8. The molecule has 2 heterocycles. The third-order valence-electron chi connectivity index (χ3n) is 2.39. The second-order valence-electron chi connectivity index (χ2n) is 4.00. The highest BCUT2D eigenvalue weighted by Gasteiger charge is 2.12. The van der Waals surface area contributed by atoms with Crippen molar-refractivity contribution in [3.05, 3.63) is 44.1 Å². The van der Waals surface area contributed by atoms with Crippen LogP contribution in [0.25, 0.3) is 11.4 Å². The Balaban J connectivity index is 2.62. The average Bonchev–Trinajstić information content (AvgIpc) is 2.33. The van der Waals surface area contributed by atoms with Gasteiger partial charge >= 0.3 is 0 Å². The van der Waals surface area contributed by atoms with Gasteiger partial charge in [0.05, 0.1) is 9.26 Å². The van der Waals surface area contributed by atoms with Crippen molar-refractivity contribution in [2.45, 2.75) is 19.8 Å². The fraction of sp³-hybridized carbons (Fsp3) is 0.250. The first-order valence-corrected chi connectivity index (χ1v) is 6.37. The van der Waals surface area contributed by atoms with Gasteiger partial charge in [0.2, 0.25) is 0 Å². The number of rotatable bonds is 2. The van der Waals surface area contributed by atoms with Crippen molar-refractivity contribution in [2.75, 3.05) is 0 Å². The van der Waals surface area contributed by atoms with Gasteiger partial charge in [-0.25, -0.2) is 4.98 Å². The Morgan fingerprint density at radius 3 is 2.53 bits per heavy atom. The summed E-state index contributed by atoms with van der Waals surface area (Å²) in [5.41, 5.74) is 1.62. The largest absolute Gasteiger partial charge is 0.306 e. The Hall–Kier alpha value is -1.24. The highest BCUT2D eigenvalue weighted by Crippen LogP contribution is 2.19. The lowest BCUT2D eigenvalue weighted by molar-refractivity contribution is 0.802. The van der Waals surface area contributed by atoms with Crippen molar-refractivity contribution in [2.24, 2.45) is 0 Å². The van der Waals surface area contributed by atoms with E-state index in [4.69, 9.17) is 0 Å². The van der Waals surface area contributed by atoms with Gasteiger partial charge in [0.1, 0.15) is 5.82 Å². The van der Waals surface area contributed by atoms with Crippen LogP contribution in [-0.2, 0) is 0 Å². The van der Waals surface area contributed by atoms with Crippen molar-refractivity contribution in [3.8, 4) is 11.4 Å². The van der Waals surface area contributed by atoms with Crippen LogP contribution in [0.3, 0.4) is 0 Å². The van der Waals surface area contributed by atoms with E-state index in [0.29, 0.717) is 9.39 Å². The van der Waals surface area contributed by atoms with Crippen LogP contribution in [0.2, 0.25) is 0 Å². The molecule has 0 saturated heterocycles. The van der Waals surface area contributed by atoms with Crippen LogP contribution in [-0.4, -0.2) is 15.0 Å². The predicted octanol–water partition coefficient (Wildman–Crippen LogP) is 2.56. The lowest BCUT2D eigenvalue weighted by atomic mass is 10.1. The third kappa shape index (κ3) is 2.54. The molecule has 0 unspecified atom stereocenters. The van der Waals surface area contributed by atoms with E-state index in [-0.39, 0.29) is 11.5 Å². The van der Waals surface area contributed by atoms with E-state index in [0.717, 1.165) is 11.3 Å². The van der Waals surface area contributed by atoms with Crippen molar-refractivity contribution in [1.82, 2.24) is 15.0 Å². The fourth-order valence-corrected chi connectivity index (χ4v) is 2.38. The molecule has 2 aromatic rings. The van der Waals surface area contributed by atoms with Gasteiger partial charge in [-0.2, -0.15) is 0 Å². The number of pyridine rings is 1. The SMILES string of the molecule is CC(C)c1nc(-c2ccncc2)[nH]c(=O)c1I. The molecule has 0 aliphatic heterocycles. The van der Waals surface area contributed by atoms with Crippen LogP contribution in [0.1, 0.15) is 25.5 Å². The van der Waals surface area contributed by atoms with Gasteiger partial charge in [-0.1, -0.05) is 13.8 Å². The third-order valence-corrected chi connectivity index (χ3v) is 3.43. The zero-order chi connectivity index (χ0) is 12.4. The smallest absolute Gasteiger partial charge is 0.264 e. The number of nitrogens with one attached hydrogen (secondary N) is 1. The molecule has 5 heteroatoms. The zero-order valence-corrected chi connectivity index (χ0v) is 11.7. The molecule has 0 amide bonds. The van der Waals surface area contributed by atoms with Crippen LogP contribution in [0.4, 0.5) is 0 Å². The molecule has 2 aromatic heterocycles. The number of H-pyrrole nitrogens is 1. The highest BCUT2D eigenvalue weighted by molar-refractivity contribution is 14.1. The Kier molecular flexibility index (Phi) is 3.56. The van der Waals surface area contributed by atoms with Gasteiger partial charge < -0.3 is 4.98 Å². The second kappa shape index (κ2) is 4.95.